The van der Waals surface area contributed by atoms with Gasteiger partial charge in [0, 0.05) is 64.4 Å². The largest absolute Gasteiger partial charge is 0.456 e. The standard InChI is InChI=1S/C66H38N4OS/c1-3-16-39(17-4-1)63-48-23-9-12-26-53(48)67-66(68-63)70-54-27-13-10-20-45(54)50-36-40(30-33-55(50)70)41-32-35-57-52(37-41)60-44(25-15-28-58(60)71-57)42-31-34-56-51(38-42)61-46-21-7-8-22-47(46)62-49-24-11-14-29-59(49)72-65(62)64(61)69(56)43-18-5-2-6-19-43/h1-38H. The predicted octanol–water partition coefficient (Wildman–Crippen LogP) is 18.2. The highest BCUT2D eigenvalue weighted by molar-refractivity contribution is 7.27. The van der Waals surface area contributed by atoms with Crippen LogP contribution in [0.4, 0.5) is 0 Å². The fraction of sp³-hybridized carbons (Fsp3) is 0. The maximum absolute atomic E-state index is 6.69. The molecule has 72 heavy (non-hydrogen) atoms. The maximum Gasteiger partial charge on any atom is 0.235 e. The van der Waals surface area contributed by atoms with Gasteiger partial charge in [-0.1, -0.05) is 158 Å². The fourth-order valence-electron chi connectivity index (χ4n) is 11.8. The molecule has 0 aliphatic rings. The van der Waals surface area contributed by atoms with Crippen molar-refractivity contribution < 1.29 is 4.42 Å². The van der Waals surface area contributed by atoms with Gasteiger partial charge in [-0.2, -0.15) is 0 Å². The number of benzene rings is 11. The van der Waals surface area contributed by atoms with Crippen LogP contribution in [0.3, 0.4) is 0 Å². The van der Waals surface area contributed by atoms with Crippen LogP contribution in [0.2, 0.25) is 0 Å². The first-order chi connectivity index (χ1) is 35.7. The molecule has 5 heterocycles. The summed E-state index contributed by atoms with van der Waals surface area (Å²) in [5.74, 6) is 0.648. The molecule has 0 radical (unpaired) electrons. The van der Waals surface area contributed by atoms with E-state index in [1.807, 2.05) is 23.5 Å². The van der Waals surface area contributed by atoms with Crippen LogP contribution in [-0.2, 0) is 0 Å². The number of furan rings is 1. The van der Waals surface area contributed by atoms with Crippen LogP contribution in [0.15, 0.2) is 235 Å². The zero-order valence-corrected chi connectivity index (χ0v) is 39.4. The van der Waals surface area contributed by atoms with Crippen molar-refractivity contribution in [3.63, 3.8) is 0 Å². The first kappa shape index (κ1) is 39.5. The van der Waals surface area contributed by atoms with Crippen LogP contribution in [0.25, 0.3) is 153 Å². The third kappa shape index (κ3) is 5.64. The summed E-state index contributed by atoms with van der Waals surface area (Å²) in [6.07, 6.45) is 0. The molecule has 6 heteroatoms. The summed E-state index contributed by atoms with van der Waals surface area (Å²) in [6, 6.07) is 82.9. The van der Waals surface area contributed by atoms with Crippen molar-refractivity contribution in [1.82, 2.24) is 19.1 Å². The first-order valence-electron chi connectivity index (χ1n) is 24.4. The highest BCUT2D eigenvalue weighted by Crippen LogP contribution is 2.49. The van der Waals surface area contributed by atoms with Crippen LogP contribution in [0.5, 0.6) is 0 Å². The van der Waals surface area contributed by atoms with Crippen LogP contribution in [0, 0.1) is 0 Å². The minimum Gasteiger partial charge on any atom is -0.456 e. The van der Waals surface area contributed by atoms with Gasteiger partial charge in [0.1, 0.15) is 11.2 Å². The van der Waals surface area contributed by atoms with Crippen LogP contribution >= 0.6 is 11.3 Å². The number of para-hydroxylation sites is 3. The average Bonchev–Trinajstić information content (AvgIpc) is 4.21. The summed E-state index contributed by atoms with van der Waals surface area (Å²) in [5, 5.41) is 13.2. The Morgan fingerprint density at radius 2 is 0.986 bits per heavy atom. The van der Waals surface area contributed by atoms with E-state index in [0.29, 0.717) is 5.95 Å². The Hall–Kier alpha value is -9.36. The molecular weight excluding hydrogens is 897 g/mol. The van der Waals surface area contributed by atoms with Crippen molar-refractivity contribution in [3.8, 4) is 45.1 Å². The molecule has 0 aliphatic heterocycles. The highest BCUT2D eigenvalue weighted by Gasteiger charge is 2.24. The van der Waals surface area contributed by atoms with Gasteiger partial charge in [0.15, 0.2) is 0 Å². The van der Waals surface area contributed by atoms with E-state index in [-0.39, 0.29) is 0 Å². The highest BCUT2D eigenvalue weighted by atomic mass is 32.1. The van der Waals surface area contributed by atoms with Gasteiger partial charge in [0.2, 0.25) is 5.95 Å². The molecule has 0 fully saturated rings. The Balaban J connectivity index is 0.887. The normalized spacial score (nSPS) is 12.2. The van der Waals surface area contributed by atoms with Gasteiger partial charge in [0.05, 0.1) is 38.0 Å². The lowest BCUT2D eigenvalue weighted by atomic mass is 9.95. The summed E-state index contributed by atoms with van der Waals surface area (Å²) >= 11 is 1.90. The number of hydrogen-bond acceptors (Lipinski definition) is 4. The monoisotopic (exact) mass is 934 g/mol. The number of thiophene rings is 1. The molecule has 0 N–H and O–H groups in total. The van der Waals surface area contributed by atoms with Gasteiger partial charge in [-0.3, -0.25) is 4.57 Å². The number of hydrogen-bond donors (Lipinski definition) is 0. The van der Waals surface area contributed by atoms with Gasteiger partial charge >= 0.3 is 0 Å². The molecule has 0 spiro atoms. The Bertz CT molecular complexity index is 4920. The maximum atomic E-state index is 6.69. The van der Waals surface area contributed by atoms with Gasteiger partial charge in [-0.25, -0.2) is 9.97 Å². The lowest BCUT2D eigenvalue weighted by Gasteiger charge is -2.12. The third-order valence-corrected chi connectivity index (χ3v) is 16.1. The lowest BCUT2D eigenvalue weighted by molar-refractivity contribution is 0.669. The number of fused-ring (bicyclic) bond motifs is 17. The summed E-state index contributed by atoms with van der Waals surface area (Å²) in [6.45, 7) is 0. The molecule has 0 bridgehead atoms. The Labute approximate surface area is 415 Å². The summed E-state index contributed by atoms with van der Waals surface area (Å²) in [4.78, 5) is 10.5. The van der Waals surface area contributed by atoms with E-state index in [4.69, 9.17) is 14.4 Å². The number of aromatic nitrogens is 4. The van der Waals surface area contributed by atoms with Gasteiger partial charge in [-0.05, 0) is 106 Å². The molecule has 0 saturated carbocycles. The number of nitrogens with zero attached hydrogens (tertiary/aromatic N) is 4. The van der Waals surface area contributed by atoms with Crippen molar-refractivity contribution in [2.45, 2.75) is 0 Å². The third-order valence-electron chi connectivity index (χ3n) is 14.9. The zero-order chi connectivity index (χ0) is 47.0. The van der Waals surface area contributed by atoms with Crippen molar-refractivity contribution >= 4 is 119 Å². The van der Waals surface area contributed by atoms with Crippen LogP contribution in [0.1, 0.15) is 0 Å². The molecule has 16 aromatic rings. The van der Waals surface area contributed by atoms with Crippen molar-refractivity contribution in [3.05, 3.63) is 231 Å². The van der Waals surface area contributed by atoms with Gasteiger partial charge in [-0.15, -0.1) is 11.3 Å². The Kier molecular flexibility index (Phi) is 8.26. The minimum absolute atomic E-state index is 0.648. The van der Waals surface area contributed by atoms with E-state index in [1.165, 1.54) is 52.8 Å². The second-order valence-electron chi connectivity index (χ2n) is 18.8. The van der Waals surface area contributed by atoms with E-state index in [1.54, 1.807) is 0 Å². The van der Waals surface area contributed by atoms with E-state index in [2.05, 4.69) is 228 Å². The van der Waals surface area contributed by atoms with Gasteiger partial charge in [0.25, 0.3) is 0 Å². The topological polar surface area (TPSA) is 48.8 Å². The molecule has 5 nitrogen and oxygen atoms in total. The molecule has 0 amide bonds. The minimum atomic E-state index is 0.648. The van der Waals surface area contributed by atoms with Crippen LogP contribution < -0.4 is 0 Å². The van der Waals surface area contributed by atoms with Crippen molar-refractivity contribution in [1.29, 1.82) is 0 Å². The summed E-state index contributed by atoms with van der Waals surface area (Å²) in [7, 11) is 0. The second-order valence-corrected chi connectivity index (χ2v) is 19.9. The molecular formula is C66H38N4OS. The molecule has 334 valence electrons. The molecule has 0 aliphatic carbocycles. The zero-order valence-electron chi connectivity index (χ0n) is 38.5. The average molecular weight is 935 g/mol. The SMILES string of the molecule is c1ccc(-c2nc(-n3c4ccccc4c4cc(-c5ccc6oc7cccc(-c8ccc9c(c8)c8c%10ccccc%10c%10c%11ccccc%11sc%10c8n9-c8ccccc8)c7c6c5)ccc43)nc3ccccc23)cc1. The quantitative estimate of drug-likeness (QED) is 0.173. The molecule has 0 atom stereocenters. The first-order valence-corrected chi connectivity index (χ1v) is 25.2. The Morgan fingerprint density at radius 3 is 1.82 bits per heavy atom. The fourth-order valence-corrected chi connectivity index (χ4v) is 13.0. The Morgan fingerprint density at radius 1 is 0.361 bits per heavy atom. The van der Waals surface area contributed by atoms with Crippen molar-refractivity contribution in [2.75, 3.05) is 0 Å². The van der Waals surface area contributed by atoms with Gasteiger partial charge < -0.3 is 8.98 Å². The van der Waals surface area contributed by atoms with E-state index < -0.39 is 0 Å². The molecule has 11 aromatic carbocycles. The van der Waals surface area contributed by atoms with Crippen molar-refractivity contribution in [2.24, 2.45) is 0 Å². The lowest BCUT2D eigenvalue weighted by Crippen LogP contribution is -2.03. The molecule has 5 aromatic heterocycles. The molecule has 16 rings (SSSR count). The number of rotatable bonds is 5. The summed E-state index contributed by atoms with van der Waals surface area (Å²) in [5.41, 5.74) is 14.8. The van der Waals surface area contributed by atoms with E-state index in [9.17, 15) is 0 Å². The molecule has 0 unspecified atom stereocenters. The van der Waals surface area contributed by atoms with E-state index in [0.717, 1.165) is 93.8 Å². The predicted molar refractivity (Wildman–Crippen MR) is 302 cm³/mol. The molecule has 0 saturated heterocycles. The second kappa shape index (κ2) is 15.1. The van der Waals surface area contributed by atoms with E-state index >= 15 is 0 Å². The smallest absolute Gasteiger partial charge is 0.235 e. The summed E-state index contributed by atoms with van der Waals surface area (Å²) < 4.78 is 14.0. The van der Waals surface area contributed by atoms with Crippen LogP contribution in [-0.4, -0.2) is 19.1 Å².